The van der Waals surface area contributed by atoms with Gasteiger partial charge >= 0.3 is 0 Å². The smallest absolute Gasteiger partial charge is 0.258 e. The molecule has 1 saturated carbocycles. The number of hydrogen-bond acceptors (Lipinski definition) is 4. The van der Waals surface area contributed by atoms with Gasteiger partial charge in [0.2, 0.25) is 5.82 Å². The molecule has 3 heterocycles. The molecule has 1 aliphatic carbocycles. The summed E-state index contributed by atoms with van der Waals surface area (Å²) in [6, 6.07) is 8.45. The van der Waals surface area contributed by atoms with Gasteiger partial charge in [-0.2, -0.15) is 0 Å². The van der Waals surface area contributed by atoms with E-state index in [-0.39, 0.29) is 11.6 Å². The largest absolute Gasteiger partial charge is 0.322 e. The Morgan fingerprint density at radius 2 is 1.90 bits per heavy atom. The number of piperidine rings is 1. The fourth-order valence-electron chi connectivity index (χ4n) is 5.32. The number of nitrogens with one attached hydrogen (secondary N) is 2. The number of benzene rings is 1. The van der Waals surface area contributed by atoms with Crippen molar-refractivity contribution in [3.63, 3.8) is 0 Å². The second-order valence-electron chi connectivity index (χ2n) is 9.34. The number of fused-ring (bicyclic) bond motifs is 1. The fraction of sp³-hybridized carbons (Fsp3) is 0.565. The molecule has 158 valence electrons. The SMILES string of the molecule is Cc1ccc2[nH]c(=O)c([C@@H](c3nnnn3C3CCCC3)[NH+]3CCC(C)CC3)cc2c1. The zero-order chi connectivity index (χ0) is 20.7. The number of nitrogens with zero attached hydrogens (tertiary/aromatic N) is 4. The number of aryl methyl sites for hydroxylation is 1. The quantitative estimate of drug-likeness (QED) is 0.696. The maximum atomic E-state index is 13.2. The zero-order valence-electron chi connectivity index (χ0n) is 17.9. The second kappa shape index (κ2) is 7.95. The van der Waals surface area contributed by atoms with Crippen molar-refractivity contribution in [1.82, 2.24) is 25.2 Å². The van der Waals surface area contributed by atoms with E-state index in [1.165, 1.54) is 36.1 Å². The molecule has 1 saturated heterocycles. The topological polar surface area (TPSA) is 80.9 Å². The minimum Gasteiger partial charge on any atom is -0.322 e. The summed E-state index contributed by atoms with van der Waals surface area (Å²) in [5, 5.41) is 14.0. The van der Waals surface area contributed by atoms with Gasteiger partial charge in [-0.25, -0.2) is 4.68 Å². The Morgan fingerprint density at radius 1 is 1.13 bits per heavy atom. The minimum atomic E-state index is -0.137. The summed E-state index contributed by atoms with van der Waals surface area (Å²) >= 11 is 0. The number of hydrogen-bond donors (Lipinski definition) is 2. The molecule has 7 heteroatoms. The summed E-state index contributed by atoms with van der Waals surface area (Å²) in [6.07, 6.45) is 7.01. The summed E-state index contributed by atoms with van der Waals surface area (Å²) in [7, 11) is 0. The highest BCUT2D eigenvalue weighted by Gasteiger charge is 2.37. The van der Waals surface area contributed by atoms with Crippen LogP contribution in [0, 0.1) is 12.8 Å². The molecule has 0 amide bonds. The lowest BCUT2D eigenvalue weighted by Gasteiger charge is -2.33. The van der Waals surface area contributed by atoms with E-state index in [9.17, 15) is 4.79 Å². The van der Waals surface area contributed by atoms with Crippen LogP contribution in [0.1, 0.15) is 74.5 Å². The fourth-order valence-corrected chi connectivity index (χ4v) is 5.32. The summed E-state index contributed by atoms with van der Waals surface area (Å²) in [4.78, 5) is 17.8. The molecule has 0 unspecified atom stereocenters. The number of tetrazole rings is 1. The van der Waals surface area contributed by atoms with E-state index in [2.05, 4.69) is 46.5 Å². The van der Waals surface area contributed by atoms with Crippen LogP contribution in [-0.4, -0.2) is 38.3 Å². The number of quaternary nitrogens is 1. The first-order valence-electron chi connectivity index (χ1n) is 11.4. The molecule has 5 rings (SSSR count). The van der Waals surface area contributed by atoms with Gasteiger partial charge in [-0.1, -0.05) is 31.4 Å². The average molecular weight is 408 g/mol. The third-order valence-electron chi connectivity index (χ3n) is 7.11. The van der Waals surface area contributed by atoms with Crippen LogP contribution in [0.15, 0.2) is 29.1 Å². The normalized spacial score (nSPS) is 23.8. The third-order valence-corrected chi connectivity index (χ3v) is 7.11. The van der Waals surface area contributed by atoms with Crippen LogP contribution >= 0.6 is 0 Å². The Kier molecular flexibility index (Phi) is 5.15. The summed E-state index contributed by atoms with van der Waals surface area (Å²) in [6.45, 7) is 6.48. The van der Waals surface area contributed by atoms with Gasteiger partial charge in [-0.3, -0.25) is 4.79 Å². The molecule has 1 aliphatic heterocycles. The molecule has 2 fully saturated rings. The van der Waals surface area contributed by atoms with E-state index >= 15 is 0 Å². The standard InChI is InChI=1S/C23H30N6O/c1-15-9-11-28(12-10-15)21(22-25-26-27-29(22)18-5-3-4-6-18)19-14-17-13-16(2)7-8-20(17)24-23(19)30/h7-8,13-15,18,21H,3-6,9-12H2,1-2H3,(H,24,30)/p+1/t21-/m0/s1. The van der Waals surface area contributed by atoms with E-state index in [0.717, 1.165) is 54.1 Å². The number of aromatic amines is 1. The van der Waals surface area contributed by atoms with Crippen molar-refractivity contribution in [3.05, 3.63) is 51.6 Å². The van der Waals surface area contributed by atoms with E-state index in [4.69, 9.17) is 0 Å². The van der Waals surface area contributed by atoms with Gasteiger partial charge in [-0.05, 0) is 72.5 Å². The Balaban J connectivity index is 1.64. The summed E-state index contributed by atoms with van der Waals surface area (Å²) < 4.78 is 2.03. The van der Waals surface area contributed by atoms with E-state index in [0.29, 0.717) is 6.04 Å². The lowest BCUT2D eigenvalue weighted by Crippen LogP contribution is -3.13. The van der Waals surface area contributed by atoms with Gasteiger partial charge in [-0.15, -0.1) is 5.10 Å². The molecule has 1 atom stereocenters. The van der Waals surface area contributed by atoms with Crippen LogP contribution in [0.5, 0.6) is 0 Å². The molecule has 2 aliphatic rings. The van der Waals surface area contributed by atoms with Crippen molar-refractivity contribution in [2.24, 2.45) is 5.92 Å². The molecular formula is C23H31N6O+. The summed E-state index contributed by atoms with van der Waals surface area (Å²) in [5.74, 6) is 1.58. The third kappa shape index (κ3) is 3.55. The first-order valence-corrected chi connectivity index (χ1v) is 11.4. The van der Waals surface area contributed by atoms with Gasteiger partial charge in [0.05, 0.1) is 24.7 Å². The minimum absolute atomic E-state index is 0.0246. The van der Waals surface area contributed by atoms with Crippen molar-refractivity contribution in [3.8, 4) is 0 Å². The van der Waals surface area contributed by atoms with E-state index in [1.54, 1.807) is 0 Å². The van der Waals surface area contributed by atoms with Crippen LogP contribution in [0.25, 0.3) is 10.9 Å². The predicted octanol–water partition coefficient (Wildman–Crippen LogP) is 2.34. The molecule has 3 aromatic rings. The molecule has 0 spiro atoms. The van der Waals surface area contributed by atoms with Crippen LogP contribution in [0.3, 0.4) is 0 Å². The van der Waals surface area contributed by atoms with Crippen molar-refractivity contribution < 1.29 is 4.90 Å². The Morgan fingerprint density at radius 3 is 2.67 bits per heavy atom. The molecule has 0 radical (unpaired) electrons. The number of likely N-dealkylation sites (tertiary alicyclic amines) is 1. The highest BCUT2D eigenvalue weighted by Crippen LogP contribution is 2.31. The van der Waals surface area contributed by atoms with Gasteiger partial charge in [0.15, 0.2) is 6.04 Å². The van der Waals surface area contributed by atoms with E-state index < -0.39 is 0 Å². The Labute approximate surface area is 176 Å². The van der Waals surface area contributed by atoms with Gasteiger partial charge in [0.25, 0.3) is 5.56 Å². The highest BCUT2D eigenvalue weighted by molar-refractivity contribution is 5.79. The van der Waals surface area contributed by atoms with E-state index in [1.807, 2.05) is 16.8 Å². The molecule has 0 bridgehead atoms. The maximum absolute atomic E-state index is 13.2. The summed E-state index contributed by atoms with van der Waals surface area (Å²) in [5.41, 5.74) is 2.83. The number of H-pyrrole nitrogens is 1. The predicted molar refractivity (Wildman–Crippen MR) is 116 cm³/mol. The number of rotatable bonds is 4. The molecule has 2 N–H and O–H groups in total. The average Bonchev–Trinajstić information content (AvgIpc) is 3.42. The van der Waals surface area contributed by atoms with Gasteiger partial charge < -0.3 is 9.88 Å². The number of aromatic nitrogens is 5. The van der Waals surface area contributed by atoms with Gasteiger partial charge in [0, 0.05) is 5.52 Å². The molecule has 2 aromatic heterocycles. The second-order valence-corrected chi connectivity index (χ2v) is 9.34. The number of pyridine rings is 1. The van der Waals surface area contributed by atoms with Gasteiger partial charge in [0.1, 0.15) is 0 Å². The Hall–Kier alpha value is -2.54. The van der Waals surface area contributed by atoms with Crippen molar-refractivity contribution in [2.45, 2.75) is 64.5 Å². The van der Waals surface area contributed by atoms with Crippen LogP contribution in [-0.2, 0) is 0 Å². The van der Waals surface area contributed by atoms with Crippen LogP contribution in [0.2, 0.25) is 0 Å². The van der Waals surface area contributed by atoms with Crippen LogP contribution in [0.4, 0.5) is 0 Å². The maximum Gasteiger partial charge on any atom is 0.258 e. The Bertz CT molecular complexity index is 1090. The zero-order valence-corrected chi connectivity index (χ0v) is 17.9. The molecule has 30 heavy (non-hydrogen) atoms. The van der Waals surface area contributed by atoms with Crippen molar-refractivity contribution in [1.29, 1.82) is 0 Å². The monoisotopic (exact) mass is 407 g/mol. The molecular weight excluding hydrogens is 376 g/mol. The molecule has 1 aromatic carbocycles. The molecule has 7 nitrogen and oxygen atoms in total. The first kappa shape index (κ1) is 19.4. The van der Waals surface area contributed by atoms with Crippen molar-refractivity contribution >= 4 is 10.9 Å². The van der Waals surface area contributed by atoms with Crippen LogP contribution < -0.4 is 10.5 Å². The lowest BCUT2D eigenvalue weighted by atomic mass is 9.95. The lowest BCUT2D eigenvalue weighted by molar-refractivity contribution is -0.932. The first-order chi connectivity index (χ1) is 14.6. The highest BCUT2D eigenvalue weighted by atomic mass is 16.1. The van der Waals surface area contributed by atoms with Crippen molar-refractivity contribution in [2.75, 3.05) is 13.1 Å².